The highest BCUT2D eigenvalue weighted by Crippen LogP contribution is 2.34. The monoisotopic (exact) mass is 394 g/mol. The topological polar surface area (TPSA) is 77.0 Å². The van der Waals surface area contributed by atoms with Crippen LogP contribution in [0.25, 0.3) is 33.9 Å². The van der Waals surface area contributed by atoms with Crippen LogP contribution in [0.3, 0.4) is 0 Å². The second kappa shape index (κ2) is 7.67. The fourth-order valence-electron chi connectivity index (χ4n) is 3.24. The van der Waals surface area contributed by atoms with Crippen LogP contribution in [0.15, 0.2) is 93.9 Å². The maximum atomic E-state index is 5.76. The van der Waals surface area contributed by atoms with Gasteiger partial charge in [-0.1, -0.05) is 83.1 Å². The van der Waals surface area contributed by atoms with Crippen LogP contribution in [0.4, 0.5) is 11.7 Å². The quantitative estimate of drug-likeness (QED) is 0.387. The number of rotatable bonds is 5. The van der Waals surface area contributed by atoms with Gasteiger partial charge in [0.05, 0.1) is 0 Å². The van der Waals surface area contributed by atoms with Crippen LogP contribution in [-0.2, 0) is 0 Å². The van der Waals surface area contributed by atoms with E-state index < -0.39 is 0 Å². The van der Waals surface area contributed by atoms with E-state index in [1.54, 1.807) is 0 Å². The molecule has 146 valence electrons. The van der Waals surface area contributed by atoms with E-state index in [4.69, 9.17) is 8.94 Å². The Morgan fingerprint density at radius 1 is 0.667 bits per heavy atom. The van der Waals surface area contributed by atoms with Gasteiger partial charge in [-0.05, 0) is 30.2 Å². The molecule has 6 heteroatoms. The van der Waals surface area contributed by atoms with Gasteiger partial charge in [-0.2, -0.15) is 0 Å². The predicted molar refractivity (Wildman–Crippen MR) is 115 cm³/mol. The van der Waals surface area contributed by atoms with E-state index >= 15 is 0 Å². The van der Waals surface area contributed by atoms with Crippen molar-refractivity contribution >= 4 is 11.7 Å². The molecule has 2 heterocycles. The van der Waals surface area contributed by atoms with Crippen LogP contribution >= 0.6 is 0 Å². The van der Waals surface area contributed by atoms with Crippen molar-refractivity contribution in [3.05, 3.63) is 90.6 Å². The summed E-state index contributed by atoms with van der Waals surface area (Å²) in [5, 5.41) is 15.5. The van der Waals surface area contributed by atoms with Crippen molar-refractivity contribution in [3.8, 4) is 33.9 Å². The number of nitrogens with zero attached hydrogens (tertiary/aromatic N) is 3. The summed E-state index contributed by atoms with van der Waals surface area (Å²) < 4.78 is 11.4. The molecule has 0 saturated heterocycles. The summed E-state index contributed by atoms with van der Waals surface area (Å²) in [5.41, 5.74) is 5.46. The number of hydrogen-bond donors (Lipinski definition) is 1. The molecule has 30 heavy (non-hydrogen) atoms. The molecule has 5 aromatic rings. The molecule has 1 N–H and O–H groups in total. The van der Waals surface area contributed by atoms with Gasteiger partial charge in [-0.15, -0.1) is 5.10 Å². The minimum Gasteiger partial charge on any atom is -0.403 e. The molecule has 0 aliphatic heterocycles. The Bertz CT molecular complexity index is 1260. The molecule has 0 amide bonds. The van der Waals surface area contributed by atoms with Gasteiger partial charge in [-0.3, -0.25) is 0 Å². The number of nitrogens with one attached hydrogen (secondary N) is 1. The first-order chi connectivity index (χ1) is 14.8. The molecule has 0 bridgehead atoms. The Balaban J connectivity index is 1.42. The molecule has 5 rings (SSSR count). The molecule has 0 atom stereocenters. The van der Waals surface area contributed by atoms with Gasteiger partial charge >= 0.3 is 6.01 Å². The average molecular weight is 394 g/mol. The number of aryl methyl sites for hydroxylation is 1. The Hall–Kier alpha value is -4.19. The minimum absolute atomic E-state index is 0.280. The van der Waals surface area contributed by atoms with Crippen molar-refractivity contribution in [3.63, 3.8) is 0 Å². The molecule has 0 fully saturated rings. The lowest BCUT2D eigenvalue weighted by Crippen LogP contribution is -1.93. The molecule has 0 aliphatic carbocycles. The van der Waals surface area contributed by atoms with E-state index in [0.29, 0.717) is 23.0 Å². The third kappa shape index (κ3) is 3.46. The molecule has 0 aliphatic rings. The largest absolute Gasteiger partial charge is 0.403 e. The fourth-order valence-corrected chi connectivity index (χ4v) is 3.24. The normalized spacial score (nSPS) is 10.8. The summed E-state index contributed by atoms with van der Waals surface area (Å²) in [6.45, 7) is 1.86. The van der Waals surface area contributed by atoms with Crippen molar-refractivity contribution < 1.29 is 8.94 Å². The Morgan fingerprint density at radius 2 is 1.27 bits per heavy atom. The van der Waals surface area contributed by atoms with E-state index in [0.717, 1.165) is 22.3 Å². The van der Waals surface area contributed by atoms with E-state index in [9.17, 15) is 0 Å². The summed E-state index contributed by atoms with van der Waals surface area (Å²) in [6.07, 6.45) is 0. The smallest absolute Gasteiger partial charge is 0.320 e. The van der Waals surface area contributed by atoms with Gasteiger partial charge in [0.2, 0.25) is 5.89 Å². The third-order valence-electron chi connectivity index (χ3n) is 4.79. The first kappa shape index (κ1) is 17.9. The first-order valence-electron chi connectivity index (χ1n) is 9.56. The Morgan fingerprint density at radius 3 is 1.97 bits per heavy atom. The molecule has 3 aromatic carbocycles. The summed E-state index contributed by atoms with van der Waals surface area (Å²) in [5.74, 6) is 1.06. The molecule has 0 radical (unpaired) electrons. The Labute approximate surface area is 173 Å². The van der Waals surface area contributed by atoms with Crippen molar-refractivity contribution in [2.24, 2.45) is 0 Å². The highest BCUT2D eigenvalue weighted by Gasteiger charge is 2.18. The van der Waals surface area contributed by atoms with E-state index in [-0.39, 0.29) is 6.01 Å². The number of aromatic nitrogens is 3. The molecule has 0 saturated carbocycles. The van der Waals surface area contributed by atoms with Crippen LogP contribution in [0, 0.1) is 6.92 Å². The van der Waals surface area contributed by atoms with Crippen LogP contribution in [0.5, 0.6) is 0 Å². The maximum absolute atomic E-state index is 5.76. The highest BCUT2D eigenvalue weighted by atomic mass is 16.5. The zero-order valence-corrected chi connectivity index (χ0v) is 16.2. The van der Waals surface area contributed by atoms with Crippen molar-refractivity contribution in [1.29, 1.82) is 0 Å². The standard InChI is InChI=1S/C24H18N4O2/c1-16-21(25-24-27-26-23(29-24)20-10-6-3-7-11-20)22(30-28-16)19-14-12-18(13-15-19)17-8-4-2-5-9-17/h2-15H,1H3,(H,25,27). The fraction of sp³-hybridized carbons (Fsp3) is 0.0417. The summed E-state index contributed by atoms with van der Waals surface area (Å²) in [6, 6.07) is 28.3. The van der Waals surface area contributed by atoms with Crippen molar-refractivity contribution in [2.75, 3.05) is 5.32 Å². The van der Waals surface area contributed by atoms with Crippen molar-refractivity contribution in [2.45, 2.75) is 6.92 Å². The minimum atomic E-state index is 0.280. The number of hydrogen-bond acceptors (Lipinski definition) is 6. The third-order valence-corrected chi connectivity index (χ3v) is 4.79. The zero-order chi connectivity index (χ0) is 20.3. The molecular weight excluding hydrogens is 376 g/mol. The SMILES string of the molecule is Cc1noc(-c2ccc(-c3ccccc3)cc2)c1Nc1nnc(-c2ccccc2)o1. The highest BCUT2D eigenvalue weighted by molar-refractivity contribution is 5.78. The predicted octanol–water partition coefficient (Wildman–Crippen LogP) is 6.11. The molecule has 0 unspecified atom stereocenters. The molecular formula is C24H18N4O2. The van der Waals surface area contributed by atoms with E-state index in [2.05, 4.69) is 44.9 Å². The second-order valence-corrected chi connectivity index (χ2v) is 6.82. The summed E-state index contributed by atoms with van der Waals surface area (Å²) in [4.78, 5) is 0. The lowest BCUT2D eigenvalue weighted by Gasteiger charge is -2.05. The van der Waals surface area contributed by atoms with Crippen LogP contribution in [-0.4, -0.2) is 15.4 Å². The van der Waals surface area contributed by atoms with Gasteiger partial charge in [0.25, 0.3) is 0 Å². The summed E-state index contributed by atoms with van der Waals surface area (Å²) in [7, 11) is 0. The molecule has 6 nitrogen and oxygen atoms in total. The van der Waals surface area contributed by atoms with Gasteiger partial charge in [0.15, 0.2) is 5.76 Å². The van der Waals surface area contributed by atoms with E-state index in [1.165, 1.54) is 0 Å². The van der Waals surface area contributed by atoms with Gasteiger partial charge < -0.3 is 14.3 Å². The van der Waals surface area contributed by atoms with Gasteiger partial charge in [-0.25, -0.2) is 0 Å². The molecule has 2 aromatic heterocycles. The van der Waals surface area contributed by atoms with Crippen LogP contribution < -0.4 is 5.32 Å². The van der Waals surface area contributed by atoms with E-state index in [1.807, 2.05) is 67.6 Å². The van der Waals surface area contributed by atoms with Gasteiger partial charge in [0.1, 0.15) is 11.4 Å². The summed E-state index contributed by atoms with van der Waals surface area (Å²) >= 11 is 0. The first-order valence-corrected chi connectivity index (χ1v) is 9.56. The zero-order valence-electron chi connectivity index (χ0n) is 16.2. The number of anilines is 2. The average Bonchev–Trinajstić information content (AvgIpc) is 3.43. The van der Waals surface area contributed by atoms with Crippen LogP contribution in [0.2, 0.25) is 0 Å². The van der Waals surface area contributed by atoms with Crippen molar-refractivity contribution in [1.82, 2.24) is 15.4 Å². The maximum Gasteiger partial charge on any atom is 0.320 e. The Kier molecular flexibility index (Phi) is 4.57. The number of benzene rings is 3. The lowest BCUT2D eigenvalue weighted by atomic mass is 10.0. The molecule has 0 spiro atoms. The van der Waals surface area contributed by atoms with Crippen LogP contribution in [0.1, 0.15) is 5.69 Å². The van der Waals surface area contributed by atoms with Gasteiger partial charge in [0, 0.05) is 11.1 Å². The second-order valence-electron chi connectivity index (χ2n) is 6.82. The lowest BCUT2D eigenvalue weighted by molar-refractivity contribution is 0.427.